The molecule has 0 fully saturated rings. The molecular formula is C10H12FNO4S. The van der Waals surface area contributed by atoms with Crippen LogP contribution in [0.1, 0.15) is 10.4 Å². The Kier molecular flexibility index (Phi) is 4.06. The standard InChI is InChI=1S/C10H12FNO4S/c1-17(15,16)5-4-12-9-3-2-7(11)6-8(9)10(13)14/h2-3,6,12H,4-5H2,1H3,(H,13,14). The van der Waals surface area contributed by atoms with Gasteiger partial charge in [0.1, 0.15) is 15.7 Å². The van der Waals surface area contributed by atoms with Crippen molar-refractivity contribution in [2.45, 2.75) is 0 Å². The zero-order valence-electron chi connectivity index (χ0n) is 9.10. The summed E-state index contributed by atoms with van der Waals surface area (Å²) in [5.74, 6) is -2.05. The summed E-state index contributed by atoms with van der Waals surface area (Å²) >= 11 is 0. The second kappa shape index (κ2) is 5.13. The number of carboxylic acid groups (broad SMARTS) is 1. The molecule has 0 aromatic heterocycles. The van der Waals surface area contributed by atoms with Crippen LogP contribution in [0, 0.1) is 5.82 Å². The predicted octanol–water partition coefficient (Wildman–Crippen LogP) is 0.980. The molecule has 17 heavy (non-hydrogen) atoms. The van der Waals surface area contributed by atoms with E-state index in [1.165, 1.54) is 6.07 Å². The quantitative estimate of drug-likeness (QED) is 0.825. The first-order valence-electron chi connectivity index (χ1n) is 4.74. The highest BCUT2D eigenvalue weighted by atomic mass is 32.2. The molecule has 7 heteroatoms. The Hall–Kier alpha value is -1.63. The fourth-order valence-corrected chi connectivity index (χ4v) is 1.69. The topological polar surface area (TPSA) is 83.5 Å². The Morgan fingerprint density at radius 1 is 1.47 bits per heavy atom. The van der Waals surface area contributed by atoms with E-state index >= 15 is 0 Å². The fourth-order valence-electron chi connectivity index (χ4n) is 1.22. The van der Waals surface area contributed by atoms with Gasteiger partial charge in [-0.3, -0.25) is 0 Å². The molecule has 5 nitrogen and oxygen atoms in total. The van der Waals surface area contributed by atoms with E-state index in [2.05, 4.69) is 5.32 Å². The molecule has 0 saturated carbocycles. The van der Waals surface area contributed by atoms with E-state index in [1.54, 1.807) is 0 Å². The van der Waals surface area contributed by atoms with E-state index < -0.39 is 21.6 Å². The Labute approximate surface area is 98.2 Å². The van der Waals surface area contributed by atoms with E-state index in [0.29, 0.717) is 0 Å². The molecule has 0 atom stereocenters. The number of halogens is 1. The summed E-state index contributed by atoms with van der Waals surface area (Å²) < 4.78 is 34.6. The average molecular weight is 261 g/mol. The molecular weight excluding hydrogens is 249 g/mol. The molecule has 0 heterocycles. The second-order valence-corrected chi connectivity index (χ2v) is 5.81. The largest absolute Gasteiger partial charge is 0.478 e. The lowest BCUT2D eigenvalue weighted by molar-refractivity contribution is 0.0697. The molecule has 0 radical (unpaired) electrons. The Balaban J connectivity index is 2.81. The summed E-state index contributed by atoms with van der Waals surface area (Å²) in [5, 5.41) is 11.5. The van der Waals surface area contributed by atoms with Gasteiger partial charge in [-0.2, -0.15) is 0 Å². The third kappa shape index (κ3) is 4.39. The molecule has 1 rings (SSSR count). The van der Waals surface area contributed by atoms with Gasteiger partial charge >= 0.3 is 5.97 Å². The maximum Gasteiger partial charge on any atom is 0.337 e. The van der Waals surface area contributed by atoms with Gasteiger partial charge in [0.05, 0.1) is 11.3 Å². The third-order valence-electron chi connectivity index (χ3n) is 2.00. The summed E-state index contributed by atoms with van der Waals surface area (Å²) in [5.41, 5.74) is -0.0268. The van der Waals surface area contributed by atoms with Crippen molar-refractivity contribution in [2.24, 2.45) is 0 Å². The van der Waals surface area contributed by atoms with Gasteiger partial charge in [0, 0.05) is 18.5 Å². The molecule has 0 saturated heterocycles. The maximum atomic E-state index is 12.8. The Bertz CT molecular complexity index is 527. The minimum Gasteiger partial charge on any atom is -0.478 e. The minimum absolute atomic E-state index is 0.0742. The number of anilines is 1. The van der Waals surface area contributed by atoms with Gasteiger partial charge in [0.2, 0.25) is 0 Å². The summed E-state index contributed by atoms with van der Waals surface area (Å²) in [6.45, 7) is 0.0742. The van der Waals surface area contributed by atoms with Crippen LogP contribution in [0.4, 0.5) is 10.1 Å². The molecule has 0 spiro atoms. The second-order valence-electron chi connectivity index (χ2n) is 3.55. The van der Waals surface area contributed by atoms with Crippen LogP contribution in [-0.4, -0.2) is 38.0 Å². The van der Waals surface area contributed by atoms with Gasteiger partial charge in [-0.05, 0) is 18.2 Å². The molecule has 0 amide bonds. The van der Waals surface area contributed by atoms with Gasteiger partial charge in [-0.1, -0.05) is 0 Å². The minimum atomic E-state index is -3.12. The smallest absolute Gasteiger partial charge is 0.337 e. The first kappa shape index (κ1) is 13.4. The predicted molar refractivity (Wildman–Crippen MR) is 61.6 cm³/mol. The van der Waals surface area contributed by atoms with Crippen LogP contribution in [0.5, 0.6) is 0 Å². The molecule has 94 valence electrons. The number of hydrogen-bond acceptors (Lipinski definition) is 4. The van der Waals surface area contributed by atoms with Crippen molar-refractivity contribution in [1.82, 2.24) is 0 Å². The Morgan fingerprint density at radius 3 is 2.65 bits per heavy atom. The van der Waals surface area contributed by atoms with Gasteiger partial charge in [-0.25, -0.2) is 17.6 Å². The number of nitrogens with one attached hydrogen (secondary N) is 1. The first-order valence-corrected chi connectivity index (χ1v) is 6.80. The van der Waals surface area contributed by atoms with E-state index in [-0.39, 0.29) is 23.5 Å². The number of benzene rings is 1. The highest BCUT2D eigenvalue weighted by molar-refractivity contribution is 7.90. The van der Waals surface area contributed by atoms with E-state index in [0.717, 1.165) is 18.4 Å². The zero-order chi connectivity index (χ0) is 13.1. The van der Waals surface area contributed by atoms with E-state index in [9.17, 15) is 17.6 Å². The van der Waals surface area contributed by atoms with Crippen LogP contribution in [0.2, 0.25) is 0 Å². The maximum absolute atomic E-state index is 12.8. The number of hydrogen-bond donors (Lipinski definition) is 2. The molecule has 0 bridgehead atoms. The van der Waals surface area contributed by atoms with Crippen LogP contribution in [0.3, 0.4) is 0 Å². The summed E-state index contributed by atoms with van der Waals surface area (Å²) in [4.78, 5) is 10.8. The fraction of sp³-hybridized carbons (Fsp3) is 0.300. The third-order valence-corrected chi connectivity index (χ3v) is 2.95. The summed E-state index contributed by atoms with van der Waals surface area (Å²) in [7, 11) is -3.12. The summed E-state index contributed by atoms with van der Waals surface area (Å²) in [6.07, 6.45) is 1.08. The van der Waals surface area contributed by atoms with Crippen molar-refractivity contribution < 1.29 is 22.7 Å². The number of carboxylic acids is 1. The van der Waals surface area contributed by atoms with Crippen LogP contribution >= 0.6 is 0 Å². The molecule has 0 aliphatic carbocycles. The average Bonchev–Trinajstić information content (AvgIpc) is 2.18. The highest BCUT2D eigenvalue weighted by Crippen LogP contribution is 2.16. The lowest BCUT2D eigenvalue weighted by atomic mass is 10.1. The van der Waals surface area contributed by atoms with Gasteiger partial charge in [-0.15, -0.1) is 0 Å². The SMILES string of the molecule is CS(=O)(=O)CCNc1ccc(F)cc1C(=O)O. The molecule has 1 aromatic carbocycles. The van der Waals surface area contributed by atoms with Crippen LogP contribution in [0.25, 0.3) is 0 Å². The van der Waals surface area contributed by atoms with Gasteiger partial charge in [0.25, 0.3) is 0 Å². The molecule has 1 aromatic rings. The van der Waals surface area contributed by atoms with Crippen LogP contribution in [-0.2, 0) is 9.84 Å². The van der Waals surface area contributed by atoms with Gasteiger partial charge in [0.15, 0.2) is 0 Å². The molecule has 0 aliphatic heterocycles. The van der Waals surface area contributed by atoms with Crippen LogP contribution in [0.15, 0.2) is 18.2 Å². The molecule has 2 N–H and O–H groups in total. The van der Waals surface area contributed by atoms with Crippen molar-refractivity contribution in [3.05, 3.63) is 29.6 Å². The molecule has 0 aliphatic rings. The number of carbonyl (C=O) groups is 1. The first-order chi connectivity index (χ1) is 7.79. The normalized spacial score (nSPS) is 11.2. The van der Waals surface area contributed by atoms with Crippen molar-refractivity contribution in [3.8, 4) is 0 Å². The Morgan fingerprint density at radius 2 is 2.12 bits per heavy atom. The lowest BCUT2D eigenvalue weighted by Gasteiger charge is -2.08. The van der Waals surface area contributed by atoms with Crippen molar-refractivity contribution >= 4 is 21.5 Å². The van der Waals surface area contributed by atoms with E-state index in [4.69, 9.17) is 5.11 Å². The highest BCUT2D eigenvalue weighted by Gasteiger charge is 2.11. The van der Waals surface area contributed by atoms with Crippen molar-refractivity contribution in [2.75, 3.05) is 23.9 Å². The van der Waals surface area contributed by atoms with E-state index in [1.807, 2.05) is 0 Å². The number of sulfone groups is 1. The lowest BCUT2D eigenvalue weighted by Crippen LogP contribution is -2.16. The number of aromatic carboxylic acids is 1. The number of rotatable bonds is 5. The molecule has 0 unspecified atom stereocenters. The van der Waals surface area contributed by atoms with Crippen molar-refractivity contribution in [3.63, 3.8) is 0 Å². The van der Waals surface area contributed by atoms with Gasteiger partial charge < -0.3 is 10.4 Å². The monoisotopic (exact) mass is 261 g/mol. The van der Waals surface area contributed by atoms with Crippen molar-refractivity contribution in [1.29, 1.82) is 0 Å². The van der Waals surface area contributed by atoms with Crippen LogP contribution < -0.4 is 5.32 Å². The zero-order valence-corrected chi connectivity index (χ0v) is 9.92. The summed E-state index contributed by atoms with van der Waals surface area (Å²) in [6, 6.07) is 3.25.